The fourth-order valence-corrected chi connectivity index (χ4v) is 1.57. The lowest BCUT2D eigenvalue weighted by Crippen LogP contribution is -2.30. The smallest absolute Gasteiger partial charge is 0.214 e. The lowest BCUT2D eigenvalue weighted by molar-refractivity contribution is 0.0713. The molecule has 0 aliphatic rings. The van der Waals surface area contributed by atoms with Gasteiger partial charge in [-0.25, -0.2) is 4.98 Å². The summed E-state index contributed by atoms with van der Waals surface area (Å²) >= 11 is 0. The Kier molecular flexibility index (Phi) is 3.29. The molecule has 18 heavy (non-hydrogen) atoms. The van der Waals surface area contributed by atoms with E-state index in [1.807, 2.05) is 0 Å². The highest BCUT2D eigenvalue weighted by atomic mass is 19.1. The number of rotatable bonds is 4. The van der Waals surface area contributed by atoms with E-state index in [1.165, 1.54) is 6.07 Å². The minimum Gasteiger partial charge on any atom is -0.383 e. The normalized spacial score (nSPS) is 14.2. The van der Waals surface area contributed by atoms with Crippen molar-refractivity contribution in [1.82, 2.24) is 14.8 Å². The zero-order valence-electron chi connectivity index (χ0n) is 10.3. The Hall–Kier alpha value is -1.95. The van der Waals surface area contributed by atoms with Gasteiger partial charge in [-0.2, -0.15) is 9.49 Å². The van der Waals surface area contributed by atoms with Gasteiger partial charge in [0.25, 0.3) is 0 Å². The molecule has 0 radical (unpaired) electrons. The van der Waals surface area contributed by atoms with E-state index in [-0.39, 0.29) is 6.54 Å². The first kappa shape index (κ1) is 12.5. The van der Waals surface area contributed by atoms with Gasteiger partial charge in [0.1, 0.15) is 11.4 Å². The molecule has 2 aromatic heterocycles. The number of pyridine rings is 1. The van der Waals surface area contributed by atoms with Gasteiger partial charge < -0.3 is 10.4 Å². The van der Waals surface area contributed by atoms with Gasteiger partial charge in [0.2, 0.25) is 5.95 Å². The minimum absolute atomic E-state index is 0.217. The van der Waals surface area contributed by atoms with Crippen LogP contribution in [0.2, 0.25) is 0 Å². The van der Waals surface area contributed by atoms with Crippen LogP contribution < -0.4 is 5.32 Å². The third-order valence-electron chi connectivity index (χ3n) is 2.66. The SMILES string of the molecule is Cn1cc(C(C)(O)CNc2cccc(F)n2)cn1. The van der Waals surface area contributed by atoms with Crippen molar-refractivity contribution in [2.75, 3.05) is 11.9 Å². The summed E-state index contributed by atoms with van der Waals surface area (Å²) in [5.41, 5.74) is -0.406. The number of nitrogens with one attached hydrogen (secondary N) is 1. The van der Waals surface area contributed by atoms with Gasteiger partial charge in [0.05, 0.1) is 6.20 Å². The second-order valence-electron chi connectivity index (χ2n) is 4.38. The molecule has 2 aromatic rings. The number of hydrogen-bond acceptors (Lipinski definition) is 4. The van der Waals surface area contributed by atoms with Gasteiger partial charge in [-0.1, -0.05) is 6.07 Å². The summed E-state index contributed by atoms with van der Waals surface area (Å²) in [6, 6.07) is 4.47. The largest absolute Gasteiger partial charge is 0.383 e. The average Bonchev–Trinajstić information content (AvgIpc) is 2.74. The van der Waals surface area contributed by atoms with Gasteiger partial charge in [0, 0.05) is 25.4 Å². The van der Waals surface area contributed by atoms with Crippen molar-refractivity contribution in [2.45, 2.75) is 12.5 Å². The summed E-state index contributed by atoms with van der Waals surface area (Å²) < 4.78 is 14.5. The second kappa shape index (κ2) is 4.73. The molecule has 0 aliphatic carbocycles. The highest BCUT2D eigenvalue weighted by Crippen LogP contribution is 2.20. The number of aromatic nitrogens is 3. The van der Waals surface area contributed by atoms with E-state index in [1.54, 1.807) is 43.2 Å². The number of aliphatic hydroxyl groups is 1. The molecule has 6 heteroatoms. The summed E-state index contributed by atoms with van der Waals surface area (Å²) in [6.07, 6.45) is 3.33. The zero-order valence-corrected chi connectivity index (χ0v) is 10.3. The Morgan fingerprint density at radius 1 is 1.50 bits per heavy atom. The molecule has 2 N–H and O–H groups in total. The van der Waals surface area contributed by atoms with Crippen molar-refractivity contribution in [3.8, 4) is 0 Å². The predicted molar refractivity (Wildman–Crippen MR) is 65.5 cm³/mol. The van der Waals surface area contributed by atoms with Crippen LogP contribution in [0.1, 0.15) is 12.5 Å². The molecule has 2 heterocycles. The maximum Gasteiger partial charge on any atom is 0.214 e. The summed E-state index contributed by atoms with van der Waals surface area (Å²) in [5.74, 6) is -0.166. The average molecular weight is 250 g/mol. The Bertz CT molecular complexity index is 538. The van der Waals surface area contributed by atoms with Crippen molar-refractivity contribution < 1.29 is 9.50 Å². The number of halogens is 1. The Labute approximate surface area is 104 Å². The fourth-order valence-electron chi connectivity index (χ4n) is 1.57. The third-order valence-corrected chi connectivity index (χ3v) is 2.66. The summed E-state index contributed by atoms with van der Waals surface area (Å²) in [4.78, 5) is 3.67. The molecule has 96 valence electrons. The molecule has 0 amide bonds. The van der Waals surface area contributed by atoms with Crippen LogP contribution in [0, 0.1) is 5.95 Å². The molecule has 0 saturated heterocycles. The molecule has 2 rings (SSSR count). The van der Waals surface area contributed by atoms with Crippen molar-refractivity contribution in [3.63, 3.8) is 0 Å². The lowest BCUT2D eigenvalue weighted by atomic mass is 10.00. The van der Waals surface area contributed by atoms with E-state index in [0.29, 0.717) is 11.4 Å². The molecule has 0 saturated carbocycles. The minimum atomic E-state index is -1.09. The molecule has 0 aromatic carbocycles. The molecule has 0 spiro atoms. The Morgan fingerprint density at radius 3 is 2.89 bits per heavy atom. The monoisotopic (exact) mass is 250 g/mol. The topological polar surface area (TPSA) is 63.0 Å². The van der Waals surface area contributed by atoms with Crippen LogP contribution >= 0.6 is 0 Å². The van der Waals surface area contributed by atoms with E-state index < -0.39 is 11.5 Å². The highest BCUT2D eigenvalue weighted by Gasteiger charge is 2.24. The third kappa shape index (κ3) is 2.84. The molecule has 0 bridgehead atoms. The maximum atomic E-state index is 12.9. The van der Waals surface area contributed by atoms with Crippen molar-refractivity contribution in [1.29, 1.82) is 0 Å². The molecule has 0 aliphatic heterocycles. The number of hydrogen-bond donors (Lipinski definition) is 2. The Balaban J connectivity index is 2.05. The maximum absolute atomic E-state index is 12.9. The number of anilines is 1. The van der Waals surface area contributed by atoms with Crippen LogP contribution in [0.15, 0.2) is 30.6 Å². The molecule has 0 fully saturated rings. The van der Waals surface area contributed by atoms with Gasteiger partial charge >= 0.3 is 0 Å². The predicted octanol–water partition coefficient (Wildman–Crippen LogP) is 1.27. The Morgan fingerprint density at radius 2 is 2.28 bits per heavy atom. The molecule has 5 nitrogen and oxygen atoms in total. The summed E-state index contributed by atoms with van der Waals surface area (Å²) in [6.45, 7) is 1.88. The molecule has 1 unspecified atom stereocenters. The van der Waals surface area contributed by atoms with Gasteiger partial charge in [-0.15, -0.1) is 0 Å². The lowest BCUT2D eigenvalue weighted by Gasteiger charge is -2.22. The van der Waals surface area contributed by atoms with E-state index >= 15 is 0 Å². The zero-order chi connectivity index (χ0) is 13.2. The van der Waals surface area contributed by atoms with Crippen molar-refractivity contribution >= 4 is 5.82 Å². The van der Waals surface area contributed by atoms with E-state index in [9.17, 15) is 9.50 Å². The quantitative estimate of drug-likeness (QED) is 0.802. The summed E-state index contributed by atoms with van der Waals surface area (Å²) in [5, 5.41) is 17.2. The fraction of sp³-hybridized carbons (Fsp3) is 0.333. The van der Waals surface area contributed by atoms with Crippen LogP contribution in [0.25, 0.3) is 0 Å². The van der Waals surface area contributed by atoms with Gasteiger partial charge in [-0.3, -0.25) is 4.68 Å². The van der Waals surface area contributed by atoms with Gasteiger partial charge in [0.15, 0.2) is 0 Å². The van der Waals surface area contributed by atoms with Crippen LogP contribution in [0.4, 0.5) is 10.2 Å². The standard InChI is InChI=1S/C12H15FN4O/c1-12(18,9-6-15-17(2)7-9)8-14-11-5-3-4-10(13)16-11/h3-7,18H,8H2,1-2H3,(H,14,16). The second-order valence-corrected chi connectivity index (χ2v) is 4.38. The first-order chi connectivity index (χ1) is 8.47. The van der Waals surface area contributed by atoms with Crippen LogP contribution in [0.5, 0.6) is 0 Å². The molecular formula is C12H15FN4O. The molecular weight excluding hydrogens is 235 g/mol. The van der Waals surface area contributed by atoms with E-state index in [0.717, 1.165) is 0 Å². The first-order valence-corrected chi connectivity index (χ1v) is 5.55. The molecule has 1 atom stereocenters. The van der Waals surface area contributed by atoms with Crippen LogP contribution in [-0.4, -0.2) is 26.4 Å². The number of aryl methyl sites for hydroxylation is 1. The van der Waals surface area contributed by atoms with Crippen molar-refractivity contribution in [3.05, 3.63) is 42.1 Å². The number of nitrogens with zero attached hydrogens (tertiary/aromatic N) is 3. The summed E-state index contributed by atoms with van der Waals surface area (Å²) in [7, 11) is 1.78. The highest BCUT2D eigenvalue weighted by molar-refractivity contribution is 5.34. The van der Waals surface area contributed by atoms with Crippen molar-refractivity contribution in [2.24, 2.45) is 7.05 Å². The van der Waals surface area contributed by atoms with Crippen LogP contribution in [0.3, 0.4) is 0 Å². The van der Waals surface area contributed by atoms with Crippen LogP contribution in [-0.2, 0) is 12.6 Å². The van der Waals surface area contributed by atoms with E-state index in [4.69, 9.17) is 0 Å². The van der Waals surface area contributed by atoms with E-state index in [2.05, 4.69) is 15.4 Å². The first-order valence-electron chi connectivity index (χ1n) is 5.55. The van der Waals surface area contributed by atoms with Gasteiger partial charge in [-0.05, 0) is 19.1 Å².